The van der Waals surface area contributed by atoms with Crippen LogP contribution >= 0.6 is 0 Å². The van der Waals surface area contributed by atoms with Gasteiger partial charge in [0.2, 0.25) is 5.89 Å². The van der Waals surface area contributed by atoms with Gasteiger partial charge in [-0.15, -0.1) is 0 Å². The van der Waals surface area contributed by atoms with Crippen molar-refractivity contribution < 1.29 is 13.7 Å². The van der Waals surface area contributed by atoms with E-state index in [4.69, 9.17) is 4.42 Å². The molecule has 1 N–H and O–H groups in total. The van der Waals surface area contributed by atoms with Gasteiger partial charge in [-0.25, -0.2) is 9.37 Å². The maximum Gasteiger partial charge on any atom is 0.282 e. The Bertz CT molecular complexity index is 613. The number of nitro benzene ring substituents is 1. The number of nitrogens with zero attached hydrogens (tertiary/aromatic N) is 2. The SMILES string of the molecule is CCCNCc1coc(-c2cc(F)ccc2[N+](=O)[O-])n1. The number of oxazole rings is 1. The molecule has 0 amide bonds. The highest BCUT2D eigenvalue weighted by Crippen LogP contribution is 2.29. The lowest BCUT2D eigenvalue weighted by molar-refractivity contribution is -0.384. The molecule has 0 atom stereocenters. The topological polar surface area (TPSA) is 81.2 Å². The van der Waals surface area contributed by atoms with Crippen LogP contribution in [0.4, 0.5) is 10.1 Å². The average molecular weight is 279 g/mol. The molecule has 0 unspecified atom stereocenters. The van der Waals surface area contributed by atoms with E-state index in [0.717, 1.165) is 31.2 Å². The second-order valence-corrected chi connectivity index (χ2v) is 4.24. The monoisotopic (exact) mass is 279 g/mol. The van der Waals surface area contributed by atoms with Crippen molar-refractivity contribution in [1.29, 1.82) is 0 Å². The zero-order chi connectivity index (χ0) is 14.5. The van der Waals surface area contributed by atoms with Gasteiger partial charge in [-0.3, -0.25) is 10.1 Å². The molecule has 0 fully saturated rings. The fourth-order valence-electron chi connectivity index (χ4n) is 1.74. The third kappa shape index (κ3) is 3.18. The molecule has 1 aromatic carbocycles. The van der Waals surface area contributed by atoms with E-state index >= 15 is 0 Å². The lowest BCUT2D eigenvalue weighted by Gasteiger charge is -1.99. The molecule has 106 valence electrons. The summed E-state index contributed by atoms with van der Waals surface area (Å²) in [7, 11) is 0. The van der Waals surface area contributed by atoms with E-state index in [-0.39, 0.29) is 17.1 Å². The van der Waals surface area contributed by atoms with Gasteiger partial charge in [-0.1, -0.05) is 6.92 Å². The number of halogens is 1. The molecule has 0 radical (unpaired) electrons. The Morgan fingerprint density at radius 3 is 3.00 bits per heavy atom. The molecule has 0 bridgehead atoms. The summed E-state index contributed by atoms with van der Waals surface area (Å²) in [5.74, 6) is -0.529. The minimum atomic E-state index is -0.589. The van der Waals surface area contributed by atoms with Crippen molar-refractivity contribution in [2.45, 2.75) is 19.9 Å². The van der Waals surface area contributed by atoms with Gasteiger partial charge < -0.3 is 9.73 Å². The predicted molar refractivity (Wildman–Crippen MR) is 70.5 cm³/mol. The molecule has 7 heteroatoms. The van der Waals surface area contributed by atoms with Crippen molar-refractivity contribution in [2.75, 3.05) is 6.54 Å². The van der Waals surface area contributed by atoms with Crippen LogP contribution in [0.5, 0.6) is 0 Å². The molecule has 0 aliphatic heterocycles. The molecule has 6 nitrogen and oxygen atoms in total. The minimum absolute atomic E-state index is 0.0386. The van der Waals surface area contributed by atoms with Crippen LogP contribution in [0.15, 0.2) is 28.9 Å². The van der Waals surface area contributed by atoms with Crippen LogP contribution in [-0.2, 0) is 6.54 Å². The number of hydrogen-bond donors (Lipinski definition) is 1. The molecule has 0 saturated heterocycles. The van der Waals surface area contributed by atoms with E-state index < -0.39 is 10.7 Å². The van der Waals surface area contributed by atoms with E-state index in [1.54, 1.807) is 0 Å². The van der Waals surface area contributed by atoms with Gasteiger partial charge in [0, 0.05) is 12.6 Å². The summed E-state index contributed by atoms with van der Waals surface area (Å²) >= 11 is 0. The third-order valence-electron chi connectivity index (χ3n) is 2.67. The first-order chi connectivity index (χ1) is 9.61. The predicted octanol–water partition coefficient (Wildman–Crippen LogP) is 2.89. The summed E-state index contributed by atoms with van der Waals surface area (Å²) in [6.45, 7) is 3.38. The Morgan fingerprint density at radius 2 is 2.30 bits per heavy atom. The fourth-order valence-corrected chi connectivity index (χ4v) is 1.74. The molecule has 1 heterocycles. The number of nitro groups is 1. The number of nitrogens with one attached hydrogen (secondary N) is 1. The zero-order valence-corrected chi connectivity index (χ0v) is 10.9. The lowest BCUT2D eigenvalue weighted by atomic mass is 10.2. The standard InChI is InChI=1S/C13H14FN3O3/c1-2-5-15-7-10-8-20-13(16-10)11-6-9(14)3-4-12(11)17(18)19/h3-4,6,8,15H,2,5,7H2,1H3. The molecule has 20 heavy (non-hydrogen) atoms. The largest absolute Gasteiger partial charge is 0.444 e. The van der Waals surface area contributed by atoms with E-state index in [2.05, 4.69) is 10.3 Å². The number of rotatable bonds is 6. The van der Waals surface area contributed by atoms with Crippen LogP contribution in [0.2, 0.25) is 0 Å². The second kappa shape index (κ2) is 6.25. The number of hydrogen-bond acceptors (Lipinski definition) is 5. The van der Waals surface area contributed by atoms with E-state index in [0.29, 0.717) is 12.2 Å². The highest BCUT2D eigenvalue weighted by atomic mass is 19.1. The molecule has 2 aromatic rings. The van der Waals surface area contributed by atoms with Gasteiger partial charge in [0.1, 0.15) is 17.6 Å². The van der Waals surface area contributed by atoms with E-state index in [1.807, 2.05) is 6.92 Å². The Kier molecular flexibility index (Phi) is 4.41. The van der Waals surface area contributed by atoms with Crippen LogP contribution < -0.4 is 5.32 Å². The first kappa shape index (κ1) is 14.1. The van der Waals surface area contributed by atoms with Crippen LogP contribution in [0.1, 0.15) is 19.0 Å². The summed E-state index contributed by atoms with van der Waals surface area (Å²) in [6, 6.07) is 3.19. The van der Waals surface area contributed by atoms with Gasteiger partial charge in [-0.2, -0.15) is 0 Å². The van der Waals surface area contributed by atoms with Crippen LogP contribution in [0.25, 0.3) is 11.5 Å². The Morgan fingerprint density at radius 1 is 1.50 bits per heavy atom. The zero-order valence-electron chi connectivity index (χ0n) is 10.9. The molecular formula is C13H14FN3O3. The van der Waals surface area contributed by atoms with Crippen LogP contribution in [-0.4, -0.2) is 16.5 Å². The Labute approximate surface area is 114 Å². The van der Waals surface area contributed by atoms with Crippen molar-refractivity contribution >= 4 is 5.69 Å². The highest BCUT2D eigenvalue weighted by Gasteiger charge is 2.20. The molecule has 0 aliphatic carbocycles. The summed E-state index contributed by atoms with van der Waals surface area (Å²) in [4.78, 5) is 14.5. The summed E-state index contributed by atoms with van der Waals surface area (Å²) in [5.41, 5.74) is 0.421. The van der Waals surface area contributed by atoms with Crippen LogP contribution in [0.3, 0.4) is 0 Å². The van der Waals surface area contributed by atoms with Crippen molar-refractivity contribution in [3.05, 3.63) is 46.1 Å². The molecule has 2 rings (SSSR count). The van der Waals surface area contributed by atoms with Gasteiger partial charge in [0.05, 0.1) is 10.6 Å². The maximum atomic E-state index is 13.2. The summed E-state index contributed by atoms with van der Waals surface area (Å²) in [5, 5.41) is 14.1. The molecule has 0 spiro atoms. The molecule has 0 saturated carbocycles. The molecule has 0 aliphatic rings. The van der Waals surface area contributed by atoms with Gasteiger partial charge in [0.15, 0.2) is 0 Å². The van der Waals surface area contributed by atoms with Crippen molar-refractivity contribution in [1.82, 2.24) is 10.3 Å². The maximum absolute atomic E-state index is 13.2. The summed E-state index contributed by atoms with van der Waals surface area (Å²) < 4.78 is 18.5. The van der Waals surface area contributed by atoms with Crippen LogP contribution in [0, 0.1) is 15.9 Å². The first-order valence-electron chi connectivity index (χ1n) is 6.21. The van der Waals surface area contributed by atoms with Gasteiger partial charge >= 0.3 is 0 Å². The highest BCUT2D eigenvalue weighted by molar-refractivity contribution is 5.66. The molecule has 1 aromatic heterocycles. The van der Waals surface area contributed by atoms with Crippen molar-refractivity contribution in [3.63, 3.8) is 0 Å². The van der Waals surface area contributed by atoms with Crippen molar-refractivity contribution in [2.24, 2.45) is 0 Å². The second-order valence-electron chi connectivity index (χ2n) is 4.24. The third-order valence-corrected chi connectivity index (χ3v) is 2.67. The first-order valence-corrected chi connectivity index (χ1v) is 6.21. The average Bonchev–Trinajstić information content (AvgIpc) is 2.87. The van der Waals surface area contributed by atoms with Gasteiger partial charge in [-0.05, 0) is 25.1 Å². The normalized spacial score (nSPS) is 10.7. The van der Waals surface area contributed by atoms with E-state index in [1.165, 1.54) is 6.26 Å². The Hall–Kier alpha value is -2.28. The van der Waals surface area contributed by atoms with Gasteiger partial charge in [0.25, 0.3) is 5.69 Å². The number of aromatic nitrogens is 1. The smallest absolute Gasteiger partial charge is 0.282 e. The quantitative estimate of drug-likeness (QED) is 0.499. The Balaban J connectivity index is 2.27. The summed E-state index contributed by atoms with van der Waals surface area (Å²) in [6.07, 6.45) is 2.40. The number of benzene rings is 1. The van der Waals surface area contributed by atoms with E-state index in [9.17, 15) is 14.5 Å². The molecular weight excluding hydrogens is 265 g/mol. The van der Waals surface area contributed by atoms with Crippen molar-refractivity contribution in [3.8, 4) is 11.5 Å². The minimum Gasteiger partial charge on any atom is -0.444 e. The lowest BCUT2D eigenvalue weighted by Crippen LogP contribution is -2.13. The fraction of sp³-hybridized carbons (Fsp3) is 0.308.